The number of rotatable bonds is 5. The van der Waals surface area contributed by atoms with Gasteiger partial charge in [-0.25, -0.2) is 0 Å². The first-order valence-corrected chi connectivity index (χ1v) is 7.26. The monoisotopic (exact) mass is 300 g/mol. The average Bonchev–Trinajstić information content (AvgIpc) is 2.55. The summed E-state index contributed by atoms with van der Waals surface area (Å²) in [6, 6.07) is 15.6. The van der Waals surface area contributed by atoms with Gasteiger partial charge in [-0.1, -0.05) is 24.0 Å². The maximum atomic E-state index is 5.74. The fraction of sp³-hybridized carbons (Fsp3) is 0.222. The maximum absolute atomic E-state index is 5.74. The van der Waals surface area contributed by atoms with Gasteiger partial charge in [-0.05, 0) is 42.0 Å². The lowest BCUT2D eigenvalue weighted by atomic mass is 10.2. The van der Waals surface area contributed by atoms with E-state index < -0.39 is 0 Å². The molecule has 0 aliphatic rings. The largest absolute Gasteiger partial charge is 0.497 e. The van der Waals surface area contributed by atoms with Gasteiger partial charge in [0.1, 0.15) is 18.1 Å². The standard InChI is InChI=1S/C18H17ClO2/c1-20-17-9-7-16(8-10-17)14-21-18-11-5-15(6-12-18)4-2-3-13-19/h5-12H,3,13-14H2,1H3. The van der Waals surface area contributed by atoms with Gasteiger partial charge in [-0.3, -0.25) is 0 Å². The van der Waals surface area contributed by atoms with Crippen LogP contribution in [0.5, 0.6) is 11.5 Å². The Morgan fingerprint density at radius 1 is 0.952 bits per heavy atom. The molecule has 0 bridgehead atoms. The maximum Gasteiger partial charge on any atom is 0.119 e. The summed E-state index contributed by atoms with van der Waals surface area (Å²) in [5.74, 6) is 8.30. The Bertz CT molecular complexity index is 606. The molecule has 2 aromatic carbocycles. The van der Waals surface area contributed by atoms with Crippen molar-refractivity contribution >= 4 is 11.6 Å². The number of ether oxygens (including phenoxy) is 2. The van der Waals surface area contributed by atoms with Crippen molar-refractivity contribution in [2.45, 2.75) is 13.0 Å². The summed E-state index contributed by atoms with van der Waals surface area (Å²) in [6.45, 7) is 0.529. The quantitative estimate of drug-likeness (QED) is 0.607. The Kier molecular flexibility index (Phi) is 5.99. The van der Waals surface area contributed by atoms with E-state index in [1.807, 2.05) is 48.5 Å². The van der Waals surface area contributed by atoms with Gasteiger partial charge in [-0.2, -0.15) is 0 Å². The summed E-state index contributed by atoms with van der Waals surface area (Å²) in [6.07, 6.45) is 0.706. The molecule has 0 aliphatic heterocycles. The van der Waals surface area contributed by atoms with Crippen molar-refractivity contribution in [3.05, 3.63) is 59.7 Å². The Labute approximate surface area is 130 Å². The van der Waals surface area contributed by atoms with Gasteiger partial charge in [0.25, 0.3) is 0 Å². The predicted octanol–water partition coefficient (Wildman–Crippen LogP) is 4.25. The molecule has 0 N–H and O–H groups in total. The highest BCUT2D eigenvalue weighted by atomic mass is 35.5. The second-order valence-corrected chi connectivity index (χ2v) is 4.78. The van der Waals surface area contributed by atoms with E-state index in [1.54, 1.807) is 7.11 Å². The van der Waals surface area contributed by atoms with E-state index in [4.69, 9.17) is 21.1 Å². The highest BCUT2D eigenvalue weighted by Crippen LogP contribution is 2.16. The van der Waals surface area contributed by atoms with E-state index in [9.17, 15) is 0 Å². The number of hydrogen-bond donors (Lipinski definition) is 0. The van der Waals surface area contributed by atoms with Gasteiger partial charge in [0.2, 0.25) is 0 Å². The van der Waals surface area contributed by atoms with Crippen molar-refractivity contribution in [1.82, 2.24) is 0 Å². The van der Waals surface area contributed by atoms with E-state index in [2.05, 4.69) is 11.8 Å². The summed E-state index contributed by atoms with van der Waals surface area (Å²) in [5, 5.41) is 0. The zero-order valence-corrected chi connectivity index (χ0v) is 12.7. The average molecular weight is 301 g/mol. The molecule has 108 valence electrons. The molecule has 2 aromatic rings. The van der Waals surface area contributed by atoms with Crippen LogP contribution in [0.2, 0.25) is 0 Å². The van der Waals surface area contributed by atoms with Crippen LogP contribution in [0.3, 0.4) is 0 Å². The molecule has 0 atom stereocenters. The van der Waals surface area contributed by atoms with Crippen molar-refractivity contribution < 1.29 is 9.47 Å². The normalized spacial score (nSPS) is 9.62. The highest BCUT2D eigenvalue weighted by molar-refractivity contribution is 6.18. The van der Waals surface area contributed by atoms with Crippen molar-refractivity contribution in [2.75, 3.05) is 13.0 Å². The summed E-state index contributed by atoms with van der Waals surface area (Å²) < 4.78 is 10.9. The van der Waals surface area contributed by atoms with Crippen LogP contribution in [0.4, 0.5) is 0 Å². The molecule has 21 heavy (non-hydrogen) atoms. The van der Waals surface area contributed by atoms with Gasteiger partial charge >= 0.3 is 0 Å². The van der Waals surface area contributed by atoms with Crippen LogP contribution in [0.25, 0.3) is 0 Å². The van der Waals surface area contributed by atoms with Crippen LogP contribution in [-0.4, -0.2) is 13.0 Å². The first-order valence-electron chi connectivity index (χ1n) is 6.72. The molecule has 2 nitrogen and oxygen atoms in total. The first kappa shape index (κ1) is 15.3. The summed E-state index contributed by atoms with van der Waals surface area (Å²) >= 11 is 5.58. The smallest absolute Gasteiger partial charge is 0.119 e. The molecule has 0 aromatic heterocycles. The molecule has 0 unspecified atom stereocenters. The molecule has 0 amide bonds. The van der Waals surface area contributed by atoms with Gasteiger partial charge in [-0.15, -0.1) is 11.6 Å². The van der Waals surface area contributed by atoms with Gasteiger partial charge in [0.15, 0.2) is 0 Å². The predicted molar refractivity (Wildman–Crippen MR) is 86.0 cm³/mol. The lowest BCUT2D eigenvalue weighted by Gasteiger charge is -2.07. The molecular weight excluding hydrogens is 284 g/mol. The van der Waals surface area contributed by atoms with E-state index in [1.165, 1.54) is 0 Å². The van der Waals surface area contributed by atoms with E-state index in [0.29, 0.717) is 18.9 Å². The second kappa shape index (κ2) is 8.24. The fourth-order valence-corrected chi connectivity index (χ4v) is 1.83. The Balaban J connectivity index is 1.89. The van der Waals surface area contributed by atoms with Crippen LogP contribution in [0, 0.1) is 11.8 Å². The Morgan fingerprint density at radius 3 is 2.24 bits per heavy atom. The third-order valence-corrected chi connectivity index (χ3v) is 3.06. The first-order chi connectivity index (χ1) is 10.3. The molecule has 0 spiro atoms. The minimum Gasteiger partial charge on any atom is -0.497 e. The Morgan fingerprint density at radius 2 is 1.62 bits per heavy atom. The number of benzene rings is 2. The van der Waals surface area contributed by atoms with E-state index in [0.717, 1.165) is 22.6 Å². The van der Waals surface area contributed by atoms with Crippen LogP contribution in [0.1, 0.15) is 17.5 Å². The van der Waals surface area contributed by atoms with Gasteiger partial charge in [0, 0.05) is 17.9 Å². The molecule has 0 fully saturated rings. The van der Waals surface area contributed by atoms with Crippen LogP contribution < -0.4 is 9.47 Å². The highest BCUT2D eigenvalue weighted by Gasteiger charge is 1.97. The van der Waals surface area contributed by atoms with Gasteiger partial charge < -0.3 is 9.47 Å². The summed E-state index contributed by atoms with van der Waals surface area (Å²) in [5.41, 5.74) is 2.07. The van der Waals surface area contributed by atoms with E-state index >= 15 is 0 Å². The summed E-state index contributed by atoms with van der Waals surface area (Å²) in [4.78, 5) is 0. The number of halogens is 1. The van der Waals surface area contributed by atoms with Crippen LogP contribution in [-0.2, 0) is 6.61 Å². The second-order valence-electron chi connectivity index (χ2n) is 4.40. The fourth-order valence-electron chi connectivity index (χ4n) is 1.73. The van der Waals surface area contributed by atoms with Crippen LogP contribution in [0.15, 0.2) is 48.5 Å². The molecule has 2 rings (SSSR count). The van der Waals surface area contributed by atoms with E-state index in [-0.39, 0.29) is 0 Å². The number of alkyl halides is 1. The molecule has 0 saturated carbocycles. The lowest BCUT2D eigenvalue weighted by Crippen LogP contribution is -1.95. The topological polar surface area (TPSA) is 18.5 Å². The minimum atomic E-state index is 0.529. The molecular formula is C18H17ClO2. The van der Waals surface area contributed by atoms with Crippen molar-refractivity contribution in [3.8, 4) is 23.3 Å². The third-order valence-electron chi connectivity index (χ3n) is 2.87. The SMILES string of the molecule is COc1ccc(COc2ccc(C#CCCCl)cc2)cc1. The Hall–Kier alpha value is -2.11. The van der Waals surface area contributed by atoms with Crippen molar-refractivity contribution in [1.29, 1.82) is 0 Å². The zero-order valence-electron chi connectivity index (χ0n) is 11.9. The zero-order chi connectivity index (χ0) is 14.9. The van der Waals surface area contributed by atoms with Gasteiger partial charge in [0.05, 0.1) is 7.11 Å². The number of hydrogen-bond acceptors (Lipinski definition) is 2. The lowest BCUT2D eigenvalue weighted by molar-refractivity contribution is 0.306. The summed E-state index contributed by atoms with van der Waals surface area (Å²) in [7, 11) is 1.66. The molecule has 3 heteroatoms. The third kappa shape index (κ3) is 5.06. The van der Waals surface area contributed by atoms with Crippen molar-refractivity contribution in [2.24, 2.45) is 0 Å². The number of methoxy groups -OCH3 is 1. The molecule has 0 heterocycles. The molecule has 0 aliphatic carbocycles. The van der Waals surface area contributed by atoms with Crippen molar-refractivity contribution in [3.63, 3.8) is 0 Å². The van der Waals surface area contributed by atoms with Crippen LogP contribution >= 0.6 is 11.6 Å². The molecule has 0 saturated heterocycles. The minimum absolute atomic E-state index is 0.529. The molecule has 0 radical (unpaired) electrons.